The largest absolute Gasteiger partial charge is 0.444 e. The molecule has 0 radical (unpaired) electrons. The minimum atomic E-state index is -2.50. The van der Waals surface area contributed by atoms with Crippen LogP contribution in [0.3, 0.4) is 0 Å². The molecule has 2 aliphatic heterocycles. The highest BCUT2D eigenvalue weighted by atomic mass is 19.3. The van der Waals surface area contributed by atoms with E-state index in [9.17, 15) is 13.6 Å². The summed E-state index contributed by atoms with van der Waals surface area (Å²) in [6, 6.07) is 6.71. The Morgan fingerprint density at radius 1 is 1.19 bits per heavy atom. The third kappa shape index (κ3) is 4.34. The molecular weight excluding hydrogens is 340 g/mol. The maximum atomic E-state index is 13.1. The lowest BCUT2D eigenvalue weighted by atomic mass is 10.00. The molecule has 1 amide bonds. The quantitative estimate of drug-likeness (QED) is 0.746. The van der Waals surface area contributed by atoms with Crippen molar-refractivity contribution in [3.63, 3.8) is 0 Å². The Balaban J connectivity index is 1.59. The van der Waals surface area contributed by atoms with E-state index in [1.54, 1.807) is 18.2 Å². The number of ether oxygens (including phenoxy) is 2. The Morgan fingerprint density at radius 2 is 1.81 bits per heavy atom. The molecule has 2 heterocycles. The molecule has 0 spiro atoms. The van der Waals surface area contributed by atoms with Crippen molar-refractivity contribution in [2.75, 3.05) is 0 Å². The zero-order valence-electron chi connectivity index (χ0n) is 15.6. The van der Waals surface area contributed by atoms with Gasteiger partial charge in [0, 0.05) is 17.6 Å². The first kappa shape index (κ1) is 19.1. The van der Waals surface area contributed by atoms with Crippen molar-refractivity contribution in [2.45, 2.75) is 83.3 Å². The molecule has 3 atom stereocenters. The number of fused-ring (bicyclic) bond motifs is 2. The normalized spacial score (nSPS) is 25.6. The zero-order chi connectivity index (χ0) is 18.9. The number of carbonyl (C=O) groups is 1. The van der Waals surface area contributed by atoms with Crippen molar-refractivity contribution in [1.82, 2.24) is 4.90 Å². The molecule has 1 unspecified atom stereocenters. The van der Waals surface area contributed by atoms with Crippen molar-refractivity contribution in [2.24, 2.45) is 0 Å². The van der Waals surface area contributed by atoms with E-state index in [0.717, 1.165) is 25.7 Å². The predicted octanol–water partition coefficient (Wildman–Crippen LogP) is 5.07. The number of amides is 1. The number of hydrogen-bond donors (Lipinski definition) is 0. The summed E-state index contributed by atoms with van der Waals surface area (Å²) < 4.78 is 37.7. The number of rotatable bonds is 4. The van der Waals surface area contributed by atoms with E-state index in [2.05, 4.69) is 0 Å². The lowest BCUT2D eigenvalue weighted by Gasteiger charge is -2.39. The third-order valence-corrected chi connectivity index (χ3v) is 5.06. The average Bonchev–Trinajstić information content (AvgIpc) is 2.82. The molecule has 0 aromatic heterocycles. The molecule has 4 nitrogen and oxygen atoms in total. The van der Waals surface area contributed by atoms with Gasteiger partial charge in [-0.1, -0.05) is 24.3 Å². The fourth-order valence-electron chi connectivity index (χ4n) is 3.96. The number of nitrogens with zero attached hydrogens (tertiary/aromatic N) is 1. The first-order valence-corrected chi connectivity index (χ1v) is 9.23. The van der Waals surface area contributed by atoms with Crippen LogP contribution in [0.25, 0.3) is 0 Å². The SMILES string of the molecule is CC(C)(C)OC(=O)N1[C@@H]2CC[C@H]1CC(OCc1ccccc1C(F)F)C2. The van der Waals surface area contributed by atoms with E-state index < -0.39 is 12.0 Å². The molecule has 3 rings (SSSR count). The molecule has 144 valence electrons. The lowest BCUT2D eigenvalue weighted by Crippen LogP contribution is -2.50. The number of piperidine rings is 1. The van der Waals surface area contributed by atoms with Crippen molar-refractivity contribution >= 4 is 6.09 Å². The maximum Gasteiger partial charge on any atom is 0.410 e. The first-order valence-electron chi connectivity index (χ1n) is 9.23. The van der Waals surface area contributed by atoms with Crippen LogP contribution >= 0.6 is 0 Å². The Bertz CT molecular complexity index is 630. The molecule has 2 saturated heterocycles. The second-order valence-electron chi connectivity index (χ2n) is 8.18. The van der Waals surface area contributed by atoms with E-state index in [4.69, 9.17) is 9.47 Å². The maximum absolute atomic E-state index is 13.1. The summed E-state index contributed by atoms with van der Waals surface area (Å²) in [7, 11) is 0. The van der Waals surface area contributed by atoms with Crippen molar-refractivity contribution < 1.29 is 23.0 Å². The molecule has 2 aliphatic rings. The summed E-state index contributed by atoms with van der Waals surface area (Å²) in [6.45, 7) is 5.77. The highest BCUT2D eigenvalue weighted by Gasteiger charge is 2.45. The average molecular weight is 367 g/mol. The van der Waals surface area contributed by atoms with Gasteiger partial charge in [0.1, 0.15) is 5.60 Å². The van der Waals surface area contributed by atoms with Gasteiger partial charge in [0.2, 0.25) is 0 Å². The predicted molar refractivity (Wildman–Crippen MR) is 94.1 cm³/mol. The van der Waals surface area contributed by atoms with Crippen LogP contribution in [-0.2, 0) is 16.1 Å². The van der Waals surface area contributed by atoms with Crippen LogP contribution in [0, 0.1) is 0 Å². The number of carbonyl (C=O) groups excluding carboxylic acids is 1. The van der Waals surface area contributed by atoms with Crippen LogP contribution in [0.1, 0.15) is 64.0 Å². The van der Waals surface area contributed by atoms with Gasteiger partial charge in [-0.15, -0.1) is 0 Å². The number of hydrogen-bond acceptors (Lipinski definition) is 3. The van der Waals surface area contributed by atoms with Crippen molar-refractivity contribution in [3.05, 3.63) is 35.4 Å². The van der Waals surface area contributed by atoms with Gasteiger partial charge >= 0.3 is 6.09 Å². The lowest BCUT2D eigenvalue weighted by molar-refractivity contribution is -0.0402. The smallest absolute Gasteiger partial charge is 0.410 e. The summed E-state index contributed by atoms with van der Waals surface area (Å²) in [4.78, 5) is 14.3. The molecule has 2 bridgehead atoms. The fourth-order valence-corrected chi connectivity index (χ4v) is 3.96. The van der Waals surface area contributed by atoms with Crippen LogP contribution < -0.4 is 0 Å². The molecule has 0 N–H and O–H groups in total. The van der Waals surface area contributed by atoms with E-state index in [1.165, 1.54) is 6.07 Å². The van der Waals surface area contributed by atoms with Gasteiger partial charge in [-0.05, 0) is 52.0 Å². The molecule has 26 heavy (non-hydrogen) atoms. The molecule has 1 aromatic rings. The number of benzene rings is 1. The molecule has 1 aromatic carbocycles. The van der Waals surface area contributed by atoms with Gasteiger partial charge < -0.3 is 14.4 Å². The monoisotopic (exact) mass is 367 g/mol. The second kappa shape index (κ2) is 7.51. The summed E-state index contributed by atoms with van der Waals surface area (Å²) in [6.07, 6.45) is 0.567. The standard InChI is InChI=1S/C20H27F2NO3/c1-20(2,3)26-19(24)23-14-8-9-15(23)11-16(10-14)25-12-13-6-4-5-7-17(13)18(21)22/h4-7,14-16,18H,8-12H2,1-3H3/t14-,15+,16?. The van der Waals surface area contributed by atoms with Crippen LogP contribution in [0.4, 0.5) is 13.6 Å². The Kier molecular flexibility index (Phi) is 5.51. The van der Waals surface area contributed by atoms with Gasteiger partial charge in [-0.2, -0.15) is 0 Å². The Hall–Kier alpha value is -1.69. The van der Waals surface area contributed by atoms with Gasteiger partial charge in [0.05, 0.1) is 12.7 Å². The van der Waals surface area contributed by atoms with E-state index in [-0.39, 0.29) is 36.5 Å². The van der Waals surface area contributed by atoms with Gasteiger partial charge in [-0.25, -0.2) is 13.6 Å². The summed E-state index contributed by atoms with van der Waals surface area (Å²) in [5.74, 6) is 0. The Morgan fingerprint density at radius 3 is 2.38 bits per heavy atom. The second-order valence-corrected chi connectivity index (χ2v) is 8.18. The summed E-state index contributed by atoms with van der Waals surface area (Å²) >= 11 is 0. The molecule has 2 fully saturated rings. The van der Waals surface area contributed by atoms with E-state index >= 15 is 0 Å². The minimum absolute atomic E-state index is 0.0167. The van der Waals surface area contributed by atoms with Crippen molar-refractivity contribution in [1.29, 1.82) is 0 Å². The highest BCUT2D eigenvalue weighted by Crippen LogP contribution is 2.38. The topological polar surface area (TPSA) is 38.8 Å². The minimum Gasteiger partial charge on any atom is -0.444 e. The van der Waals surface area contributed by atoms with E-state index in [0.29, 0.717) is 5.56 Å². The van der Waals surface area contributed by atoms with Gasteiger partial charge in [0.25, 0.3) is 6.43 Å². The Labute approximate surface area is 153 Å². The fraction of sp³-hybridized carbons (Fsp3) is 0.650. The number of halogens is 2. The van der Waals surface area contributed by atoms with Gasteiger partial charge in [0.15, 0.2) is 0 Å². The first-order chi connectivity index (χ1) is 12.2. The molecular formula is C20H27F2NO3. The zero-order valence-corrected chi connectivity index (χ0v) is 15.6. The van der Waals surface area contributed by atoms with Crippen molar-refractivity contribution in [3.8, 4) is 0 Å². The molecule has 0 saturated carbocycles. The number of alkyl halides is 2. The molecule has 6 heteroatoms. The van der Waals surface area contributed by atoms with Crippen LogP contribution in [0.2, 0.25) is 0 Å². The molecule has 0 aliphatic carbocycles. The van der Waals surface area contributed by atoms with E-state index in [1.807, 2.05) is 25.7 Å². The summed E-state index contributed by atoms with van der Waals surface area (Å²) in [5.41, 5.74) is 0.0501. The van der Waals surface area contributed by atoms with Crippen LogP contribution in [-0.4, -0.2) is 34.8 Å². The third-order valence-electron chi connectivity index (χ3n) is 5.06. The van der Waals surface area contributed by atoms with Crippen LogP contribution in [0.5, 0.6) is 0 Å². The highest BCUT2D eigenvalue weighted by molar-refractivity contribution is 5.69. The van der Waals surface area contributed by atoms with Crippen LogP contribution in [0.15, 0.2) is 24.3 Å². The summed E-state index contributed by atoms with van der Waals surface area (Å²) in [5, 5.41) is 0. The van der Waals surface area contributed by atoms with Gasteiger partial charge in [-0.3, -0.25) is 0 Å².